The van der Waals surface area contributed by atoms with Crippen LogP contribution in [0.4, 0.5) is 5.69 Å². The van der Waals surface area contributed by atoms with E-state index in [4.69, 9.17) is 6.42 Å². The molecular formula is C13H15N3. The Kier molecular flexibility index (Phi) is 2.30. The van der Waals surface area contributed by atoms with Crippen molar-refractivity contribution in [3.8, 4) is 12.3 Å². The van der Waals surface area contributed by atoms with Gasteiger partial charge >= 0.3 is 0 Å². The number of nitrogens with one attached hydrogen (secondary N) is 1. The van der Waals surface area contributed by atoms with Crippen LogP contribution in [-0.4, -0.2) is 30.7 Å². The lowest BCUT2D eigenvalue weighted by atomic mass is 10.1. The van der Waals surface area contributed by atoms with E-state index in [1.54, 1.807) is 6.20 Å². The Balaban J connectivity index is 1.81. The van der Waals surface area contributed by atoms with Crippen LogP contribution in [0.3, 0.4) is 0 Å². The van der Waals surface area contributed by atoms with Crippen molar-refractivity contribution < 1.29 is 0 Å². The maximum Gasteiger partial charge on any atom is 0.0565 e. The number of nitrogens with zero attached hydrogens (tertiary/aromatic N) is 2. The van der Waals surface area contributed by atoms with Gasteiger partial charge in [0.15, 0.2) is 0 Å². The van der Waals surface area contributed by atoms with E-state index >= 15 is 0 Å². The second-order valence-corrected chi connectivity index (χ2v) is 4.59. The van der Waals surface area contributed by atoms with Gasteiger partial charge < -0.3 is 10.2 Å². The number of hydrogen-bond donors (Lipinski definition) is 1. The smallest absolute Gasteiger partial charge is 0.0565 e. The molecule has 3 rings (SSSR count). The summed E-state index contributed by atoms with van der Waals surface area (Å²) in [6, 6.07) is 2.71. The molecular weight excluding hydrogens is 198 g/mol. The van der Waals surface area contributed by atoms with E-state index in [0.29, 0.717) is 6.04 Å². The van der Waals surface area contributed by atoms with Gasteiger partial charge in [-0.1, -0.05) is 5.92 Å². The van der Waals surface area contributed by atoms with Crippen LogP contribution < -0.4 is 10.2 Å². The molecule has 0 unspecified atom stereocenters. The predicted octanol–water partition coefficient (Wildman–Crippen LogP) is 0.861. The summed E-state index contributed by atoms with van der Waals surface area (Å²) in [5.74, 6) is 3.44. The average Bonchev–Trinajstić information content (AvgIpc) is 2.89. The quantitative estimate of drug-likeness (QED) is 0.701. The Morgan fingerprint density at radius 2 is 2.38 bits per heavy atom. The second kappa shape index (κ2) is 3.80. The molecule has 2 aliphatic heterocycles. The molecule has 2 aliphatic rings. The lowest BCUT2D eigenvalue weighted by molar-refractivity contribution is 0.556. The molecule has 3 heterocycles. The molecule has 0 spiro atoms. The first-order chi connectivity index (χ1) is 7.86. The minimum absolute atomic E-state index is 0.662. The first kappa shape index (κ1) is 9.68. The van der Waals surface area contributed by atoms with Crippen molar-refractivity contribution in [3.05, 3.63) is 24.0 Å². The molecule has 0 radical (unpaired) electrons. The van der Waals surface area contributed by atoms with E-state index in [0.717, 1.165) is 30.3 Å². The molecule has 0 aromatic carbocycles. The van der Waals surface area contributed by atoms with Crippen molar-refractivity contribution in [2.45, 2.75) is 12.5 Å². The Hall–Kier alpha value is -1.53. The Bertz CT molecular complexity index is 423. The highest BCUT2D eigenvalue weighted by molar-refractivity contribution is 5.51. The van der Waals surface area contributed by atoms with Gasteiger partial charge in [-0.15, -0.1) is 6.42 Å². The first-order valence-corrected chi connectivity index (χ1v) is 5.77. The van der Waals surface area contributed by atoms with Crippen LogP contribution in [0, 0.1) is 18.3 Å². The molecule has 1 N–H and O–H groups in total. The third-order valence-electron chi connectivity index (χ3n) is 3.62. The van der Waals surface area contributed by atoms with Gasteiger partial charge in [0.2, 0.25) is 0 Å². The molecule has 0 aliphatic carbocycles. The van der Waals surface area contributed by atoms with Gasteiger partial charge in [0, 0.05) is 30.9 Å². The standard InChI is InChI=1S/C13H15N3/c1-2-10-5-12(7-14-6-10)16-8-11-3-4-15-13(11)9-16/h1,5-7,11,13,15H,3-4,8-9H2/t11-,13+/m1/s1. The topological polar surface area (TPSA) is 28.2 Å². The van der Waals surface area contributed by atoms with Crippen molar-refractivity contribution in [1.82, 2.24) is 10.3 Å². The highest BCUT2D eigenvalue weighted by Gasteiger charge is 2.35. The van der Waals surface area contributed by atoms with E-state index in [-0.39, 0.29) is 0 Å². The molecule has 2 saturated heterocycles. The van der Waals surface area contributed by atoms with Gasteiger partial charge in [-0.25, -0.2) is 0 Å². The number of fused-ring (bicyclic) bond motifs is 1. The molecule has 3 nitrogen and oxygen atoms in total. The van der Waals surface area contributed by atoms with Crippen molar-refractivity contribution in [3.63, 3.8) is 0 Å². The summed E-state index contributed by atoms with van der Waals surface area (Å²) in [4.78, 5) is 6.57. The van der Waals surface area contributed by atoms with Crippen molar-refractivity contribution in [2.24, 2.45) is 5.92 Å². The van der Waals surface area contributed by atoms with Crippen LogP contribution in [0.5, 0.6) is 0 Å². The van der Waals surface area contributed by atoms with Gasteiger partial charge in [-0.05, 0) is 24.9 Å². The molecule has 16 heavy (non-hydrogen) atoms. The molecule has 0 amide bonds. The molecule has 0 bridgehead atoms. The fourth-order valence-corrected chi connectivity index (χ4v) is 2.74. The van der Waals surface area contributed by atoms with Gasteiger partial charge in [0.05, 0.1) is 11.9 Å². The van der Waals surface area contributed by atoms with Crippen LogP contribution >= 0.6 is 0 Å². The van der Waals surface area contributed by atoms with Crippen LogP contribution in [-0.2, 0) is 0 Å². The summed E-state index contributed by atoms with van der Waals surface area (Å²) in [5, 5.41) is 3.54. The van der Waals surface area contributed by atoms with Gasteiger partial charge in [0.25, 0.3) is 0 Å². The van der Waals surface area contributed by atoms with Crippen molar-refractivity contribution in [1.29, 1.82) is 0 Å². The third kappa shape index (κ3) is 1.56. The Labute approximate surface area is 95.9 Å². The number of terminal acetylenes is 1. The Morgan fingerprint density at radius 1 is 1.44 bits per heavy atom. The maximum atomic E-state index is 5.39. The summed E-state index contributed by atoms with van der Waals surface area (Å²) in [6.45, 7) is 3.39. The highest BCUT2D eigenvalue weighted by Crippen LogP contribution is 2.28. The Morgan fingerprint density at radius 3 is 3.19 bits per heavy atom. The first-order valence-electron chi connectivity index (χ1n) is 5.77. The number of rotatable bonds is 1. The lowest BCUT2D eigenvalue weighted by Crippen LogP contribution is -2.30. The second-order valence-electron chi connectivity index (χ2n) is 4.59. The molecule has 82 valence electrons. The van der Waals surface area contributed by atoms with E-state index < -0.39 is 0 Å². The van der Waals surface area contributed by atoms with Crippen LogP contribution in [0.15, 0.2) is 18.5 Å². The van der Waals surface area contributed by atoms with Gasteiger partial charge in [-0.3, -0.25) is 4.98 Å². The van der Waals surface area contributed by atoms with E-state index in [2.05, 4.69) is 21.1 Å². The van der Waals surface area contributed by atoms with Crippen molar-refractivity contribution >= 4 is 5.69 Å². The normalized spacial score (nSPS) is 27.8. The average molecular weight is 213 g/mol. The molecule has 0 saturated carbocycles. The molecule has 2 atom stereocenters. The molecule has 1 aromatic heterocycles. The molecule has 3 heteroatoms. The number of anilines is 1. The largest absolute Gasteiger partial charge is 0.368 e. The fraction of sp³-hybridized carbons (Fsp3) is 0.462. The summed E-state index contributed by atoms with van der Waals surface area (Å²) in [6.07, 6.45) is 10.3. The SMILES string of the molecule is C#Cc1cncc(N2C[C@H]3CCN[C@H]3C2)c1. The zero-order valence-corrected chi connectivity index (χ0v) is 9.19. The minimum atomic E-state index is 0.662. The third-order valence-corrected chi connectivity index (χ3v) is 3.62. The van der Waals surface area contributed by atoms with E-state index in [1.807, 2.05) is 12.3 Å². The number of aromatic nitrogens is 1. The summed E-state index contributed by atoms with van der Waals surface area (Å²) in [7, 11) is 0. The fourth-order valence-electron chi connectivity index (χ4n) is 2.74. The van der Waals surface area contributed by atoms with Crippen LogP contribution in [0.25, 0.3) is 0 Å². The number of hydrogen-bond acceptors (Lipinski definition) is 3. The maximum absolute atomic E-state index is 5.39. The number of pyridine rings is 1. The van der Waals surface area contributed by atoms with E-state index in [9.17, 15) is 0 Å². The van der Waals surface area contributed by atoms with Gasteiger partial charge in [0.1, 0.15) is 0 Å². The molecule has 1 aromatic rings. The monoisotopic (exact) mass is 213 g/mol. The lowest BCUT2D eigenvalue weighted by Gasteiger charge is -2.19. The zero-order chi connectivity index (χ0) is 11.0. The van der Waals surface area contributed by atoms with Crippen molar-refractivity contribution in [2.75, 3.05) is 24.5 Å². The molecule has 2 fully saturated rings. The van der Waals surface area contributed by atoms with Crippen LogP contribution in [0.2, 0.25) is 0 Å². The van der Waals surface area contributed by atoms with Crippen LogP contribution in [0.1, 0.15) is 12.0 Å². The van der Waals surface area contributed by atoms with E-state index in [1.165, 1.54) is 13.0 Å². The summed E-state index contributed by atoms with van der Waals surface area (Å²) >= 11 is 0. The summed E-state index contributed by atoms with van der Waals surface area (Å²) < 4.78 is 0. The highest BCUT2D eigenvalue weighted by atomic mass is 15.2. The predicted molar refractivity (Wildman–Crippen MR) is 64.3 cm³/mol. The van der Waals surface area contributed by atoms with Gasteiger partial charge in [-0.2, -0.15) is 0 Å². The zero-order valence-electron chi connectivity index (χ0n) is 9.19. The summed E-state index contributed by atoms with van der Waals surface area (Å²) in [5.41, 5.74) is 2.02. The minimum Gasteiger partial charge on any atom is -0.368 e.